The van der Waals surface area contributed by atoms with Crippen molar-refractivity contribution < 1.29 is 22.6 Å². The molecule has 0 spiro atoms. The summed E-state index contributed by atoms with van der Waals surface area (Å²) in [5.41, 5.74) is 0.905. The van der Waals surface area contributed by atoms with Crippen LogP contribution in [0.4, 0.5) is 13.2 Å². The van der Waals surface area contributed by atoms with Gasteiger partial charge in [0.1, 0.15) is 11.5 Å². The Morgan fingerprint density at radius 2 is 1.77 bits per heavy atom. The molecule has 1 aliphatic rings. The fourth-order valence-electron chi connectivity index (χ4n) is 3.08. The average Bonchev–Trinajstić information content (AvgIpc) is 2.52. The molecule has 1 aliphatic heterocycles. The third kappa shape index (κ3) is 7.39. The number of nitrogens with one attached hydrogen (secondary N) is 1. The summed E-state index contributed by atoms with van der Waals surface area (Å²) in [4.78, 5) is 2.36. The molecule has 1 N–H and O–H groups in total. The van der Waals surface area contributed by atoms with Gasteiger partial charge in [0.25, 0.3) is 0 Å². The van der Waals surface area contributed by atoms with Crippen molar-refractivity contribution in [2.24, 2.45) is 5.92 Å². The molecule has 1 fully saturated rings. The van der Waals surface area contributed by atoms with Gasteiger partial charge in [0.2, 0.25) is 0 Å². The van der Waals surface area contributed by atoms with Crippen molar-refractivity contribution in [1.82, 2.24) is 10.2 Å². The average molecular weight is 419 g/mol. The maximum absolute atomic E-state index is 12.4. The minimum absolute atomic E-state index is 0. The van der Waals surface area contributed by atoms with E-state index in [-0.39, 0.29) is 36.6 Å². The van der Waals surface area contributed by atoms with Crippen molar-refractivity contribution in [2.45, 2.75) is 32.7 Å². The Morgan fingerprint density at radius 1 is 1.15 bits per heavy atom. The third-order valence-corrected chi connectivity index (χ3v) is 4.08. The predicted molar refractivity (Wildman–Crippen MR) is 101 cm³/mol. The van der Waals surface area contributed by atoms with Gasteiger partial charge in [-0.25, -0.2) is 0 Å². The first-order valence-corrected chi connectivity index (χ1v) is 8.18. The molecule has 0 unspecified atom stereocenters. The quantitative estimate of drug-likeness (QED) is 0.740. The lowest BCUT2D eigenvalue weighted by Crippen LogP contribution is -2.45. The third-order valence-electron chi connectivity index (χ3n) is 4.08. The Labute approximate surface area is 165 Å². The molecule has 1 atom stereocenters. The highest BCUT2D eigenvalue weighted by Gasteiger charge is 2.32. The molecule has 0 radical (unpaired) electrons. The highest BCUT2D eigenvalue weighted by atomic mass is 35.5. The van der Waals surface area contributed by atoms with Crippen LogP contribution in [0.3, 0.4) is 0 Å². The van der Waals surface area contributed by atoms with E-state index in [0.29, 0.717) is 11.7 Å². The Morgan fingerprint density at radius 3 is 2.27 bits per heavy atom. The molecular weight excluding hydrogens is 392 g/mol. The first-order valence-electron chi connectivity index (χ1n) is 8.18. The van der Waals surface area contributed by atoms with Crippen LogP contribution in [0.5, 0.6) is 11.5 Å². The second-order valence-corrected chi connectivity index (χ2v) is 6.38. The number of benzene rings is 1. The number of rotatable bonds is 6. The lowest BCUT2D eigenvalue weighted by Gasteiger charge is -2.36. The van der Waals surface area contributed by atoms with Gasteiger partial charge in [0.15, 0.2) is 0 Å². The second kappa shape index (κ2) is 11.1. The number of hydrogen-bond donors (Lipinski definition) is 1. The van der Waals surface area contributed by atoms with Gasteiger partial charge in [-0.3, -0.25) is 4.90 Å². The molecule has 4 nitrogen and oxygen atoms in total. The minimum atomic E-state index is -4.71. The molecule has 0 saturated carbocycles. The van der Waals surface area contributed by atoms with Gasteiger partial charge in [-0.15, -0.1) is 38.0 Å². The maximum atomic E-state index is 12.4. The van der Waals surface area contributed by atoms with Gasteiger partial charge in [-0.2, -0.15) is 0 Å². The minimum Gasteiger partial charge on any atom is -0.496 e. The SMILES string of the molecule is COc1cc(OC(F)(F)F)ccc1[C@H](CC(C)C)N1CCNCC1.Cl.Cl. The van der Waals surface area contributed by atoms with Crippen LogP contribution in [-0.4, -0.2) is 44.6 Å². The van der Waals surface area contributed by atoms with E-state index in [4.69, 9.17) is 4.74 Å². The number of ether oxygens (including phenoxy) is 2. The normalized spacial score (nSPS) is 16.4. The summed E-state index contributed by atoms with van der Waals surface area (Å²) in [6, 6.07) is 4.48. The molecule has 0 aliphatic carbocycles. The fourth-order valence-corrected chi connectivity index (χ4v) is 3.08. The molecule has 26 heavy (non-hydrogen) atoms. The lowest BCUT2D eigenvalue weighted by molar-refractivity contribution is -0.274. The molecule has 152 valence electrons. The monoisotopic (exact) mass is 418 g/mol. The van der Waals surface area contributed by atoms with E-state index in [9.17, 15) is 13.2 Å². The largest absolute Gasteiger partial charge is 0.573 e. The van der Waals surface area contributed by atoms with Crippen LogP contribution in [0.15, 0.2) is 18.2 Å². The zero-order chi connectivity index (χ0) is 17.7. The lowest BCUT2D eigenvalue weighted by atomic mass is 9.94. The van der Waals surface area contributed by atoms with Crippen LogP contribution in [0.2, 0.25) is 0 Å². The molecule has 0 bridgehead atoms. The van der Waals surface area contributed by atoms with Crippen LogP contribution in [0.1, 0.15) is 31.9 Å². The van der Waals surface area contributed by atoms with Gasteiger partial charge >= 0.3 is 6.36 Å². The summed E-state index contributed by atoms with van der Waals surface area (Å²) in [5.74, 6) is 0.633. The summed E-state index contributed by atoms with van der Waals surface area (Å²) < 4.78 is 46.6. The number of methoxy groups -OCH3 is 1. The zero-order valence-electron chi connectivity index (χ0n) is 15.1. The van der Waals surface area contributed by atoms with E-state index >= 15 is 0 Å². The van der Waals surface area contributed by atoms with Crippen LogP contribution >= 0.6 is 24.8 Å². The number of alkyl halides is 3. The van der Waals surface area contributed by atoms with Crippen molar-refractivity contribution in [3.05, 3.63) is 23.8 Å². The van der Waals surface area contributed by atoms with Crippen molar-refractivity contribution >= 4 is 24.8 Å². The van der Waals surface area contributed by atoms with Gasteiger partial charge in [0.05, 0.1) is 7.11 Å². The number of hydrogen-bond acceptors (Lipinski definition) is 4. The topological polar surface area (TPSA) is 33.7 Å². The van der Waals surface area contributed by atoms with Gasteiger partial charge in [-0.05, 0) is 18.4 Å². The van der Waals surface area contributed by atoms with E-state index in [1.54, 1.807) is 6.07 Å². The molecule has 2 rings (SSSR count). The summed E-state index contributed by atoms with van der Waals surface area (Å²) in [6.07, 6.45) is -3.79. The molecule has 1 heterocycles. The smallest absolute Gasteiger partial charge is 0.496 e. The highest BCUT2D eigenvalue weighted by Crippen LogP contribution is 2.37. The Balaban J connectivity index is 0.00000312. The van der Waals surface area contributed by atoms with Crippen LogP contribution in [-0.2, 0) is 0 Å². The van der Waals surface area contributed by atoms with Crippen molar-refractivity contribution in [2.75, 3.05) is 33.3 Å². The maximum Gasteiger partial charge on any atom is 0.573 e. The number of halogens is 5. The Kier molecular flexibility index (Phi) is 10.7. The first-order chi connectivity index (χ1) is 11.3. The molecule has 0 aromatic heterocycles. The summed E-state index contributed by atoms with van der Waals surface area (Å²) in [6.45, 7) is 7.91. The Hall–Kier alpha value is -0.890. The summed E-state index contributed by atoms with van der Waals surface area (Å²) in [5, 5.41) is 3.32. The summed E-state index contributed by atoms with van der Waals surface area (Å²) >= 11 is 0. The molecule has 9 heteroatoms. The second-order valence-electron chi connectivity index (χ2n) is 6.38. The van der Waals surface area contributed by atoms with Gasteiger partial charge in [0, 0.05) is 43.9 Å². The summed E-state index contributed by atoms with van der Waals surface area (Å²) in [7, 11) is 1.47. The highest BCUT2D eigenvalue weighted by molar-refractivity contribution is 5.85. The van der Waals surface area contributed by atoms with E-state index in [1.165, 1.54) is 19.2 Å². The van der Waals surface area contributed by atoms with E-state index in [0.717, 1.165) is 38.2 Å². The van der Waals surface area contributed by atoms with Crippen LogP contribution in [0.25, 0.3) is 0 Å². The fraction of sp³-hybridized carbons (Fsp3) is 0.647. The Bertz CT molecular complexity index is 539. The standard InChI is InChI=1S/C17H25F3N2O2.2ClH/c1-12(2)10-15(22-8-6-21-7-9-22)14-5-4-13(11-16(14)23-3)24-17(18,19)20;;/h4-5,11-12,15,21H,6-10H2,1-3H3;2*1H/t15-;;/m0../s1. The first kappa shape index (κ1) is 25.1. The molecule has 0 amide bonds. The molecular formula is C17H27Cl2F3N2O2. The van der Waals surface area contributed by atoms with Crippen molar-refractivity contribution in [3.63, 3.8) is 0 Å². The molecule has 1 aromatic carbocycles. The predicted octanol–water partition coefficient (Wildman–Crippen LogP) is 4.43. The van der Waals surface area contributed by atoms with E-state index < -0.39 is 6.36 Å². The number of piperazine rings is 1. The zero-order valence-corrected chi connectivity index (χ0v) is 16.8. The van der Waals surface area contributed by atoms with Crippen molar-refractivity contribution in [1.29, 1.82) is 0 Å². The molecule has 1 aromatic rings. The van der Waals surface area contributed by atoms with E-state index in [2.05, 4.69) is 28.8 Å². The number of nitrogens with zero attached hydrogens (tertiary/aromatic N) is 1. The van der Waals surface area contributed by atoms with Crippen molar-refractivity contribution in [3.8, 4) is 11.5 Å². The van der Waals surface area contributed by atoms with E-state index in [1.807, 2.05) is 0 Å². The molecule has 1 saturated heterocycles. The van der Waals surface area contributed by atoms with Gasteiger partial charge < -0.3 is 14.8 Å². The van der Waals surface area contributed by atoms with Crippen LogP contribution in [0, 0.1) is 5.92 Å². The van der Waals surface area contributed by atoms with Gasteiger partial charge in [-0.1, -0.05) is 19.9 Å². The van der Waals surface area contributed by atoms with Crippen LogP contribution < -0.4 is 14.8 Å².